The van der Waals surface area contributed by atoms with Gasteiger partial charge in [-0.05, 0) is 48.8 Å². The quantitative estimate of drug-likeness (QED) is 0.875. The molecule has 2 atom stereocenters. The smallest absolute Gasteiger partial charge is 0.122 e. The van der Waals surface area contributed by atoms with Gasteiger partial charge in [0.25, 0.3) is 0 Å². The van der Waals surface area contributed by atoms with Crippen LogP contribution < -0.4 is 10.5 Å². The maximum atomic E-state index is 6.15. The van der Waals surface area contributed by atoms with Crippen molar-refractivity contribution in [2.75, 3.05) is 13.7 Å². The van der Waals surface area contributed by atoms with E-state index in [1.54, 1.807) is 7.11 Å². The molecule has 1 saturated carbocycles. The van der Waals surface area contributed by atoms with Crippen LogP contribution in [-0.2, 0) is 6.42 Å². The second-order valence-electron chi connectivity index (χ2n) is 6.06. The average Bonchev–Trinajstić information content (AvgIpc) is 2.48. The van der Waals surface area contributed by atoms with E-state index in [4.69, 9.17) is 10.5 Å². The summed E-state index contributed by atoms with van der Waals surface area (Å²) in [5.41, 5.74) is 7.75. The standard InChI is InChI=1S/C17H27NO/c1-3-14-7-6-10-17(11-14,13-18)12-15-8-4-5-9-16(15)19-2/h4-5,8-9,14H,3,6-7,10-13,18H2,1-2H3. The molecule has 1 aliphatic rings. The number of ether oxygens (including phenoxy) is 1. The maximum Gasteiger partial charge on any atom is 0.122 e. The summed E-state index contributed by atoms with van der Waals surface area (Å²) in [6, 6.07) is 8.38. The number of benzene rings is 1. The van der Waals surface area contributed by atoms with Crippen LogP contribution in [0.15, 0.2) is 24.3 Å². The normalized spacial score (nSPS) is 27.2. The number of nitrogens with two attached hydrogens (primary N) is 1. The van der Waals surface area contributed by atoms with Crippen molar-refractivity contribution >= 4 is 0 Å². The summed E-state index contributed by atoms with van der Waals surface area (Å²) in [5.74, 6) is 1.86. The number of hydrogen-bond acceptors (Lipinski definition) is 2. The Kier molecular flexibility index (Phi) is 4.87. The highest BCUT2D eigenvalue weighted by molar-refractivity contribution is 5.34. The molecule has 0 heterocycles. The van der Waals surface area contributed by atoms with Gasteiger partial charge in [0.1, 0.15) is 5.75 Å². The van der Waals surface area contributed by atoms with Gasteiger partial charge in [0.05, 0.1) is 7.11 Å². The van der Waals surface area contributed by atoms with E-state index >= 15 is 0 Å². The van der Waals surface area contributed by atoms with Crippen LogP contribution in [0.2, 0.25) is 0 Å². The Hall–Kier alpha value is -1.02. The Labute approximate surface area is 117 Å². The highest BCUT2D eigenvalue weighted by atomic mass is 16.5. The molecule has 106 valence electrons. The van der Waals surface area contributed by atoms with Crippen molar-refractivity contribution in [3.8, 4) is 5.75 Å². The third-order valence-electron chi connectivity index (χ3n) is 4.81. The van der Waals surface area contributed by atoms with Gasteiger partial charge in [0.2, 0.25) is 0 Å². The molecule has 1 aromatic carbocycles. The molecule has 0 aliphatic heterocycles. The van der Waals surface area contributed by atoms with E-state index in [-0.39, 0.29) is 5.41 Å². The fourth-order valence-electron chi connectivity index (χ4n) is 3.60. The van der Waals surface area contributed by atoms with Gasteiger partial charge in [-0.25, -0.2) is 0 Å². The largest absolute Gasteiger partial charge is 0.496 e. The molecule has 0 spiro atoms. The van der Waals surface area contributed by atoms with E-state index in [0.717, 1.165) is 24.6 Å². The molecule has 2 heteroatoms. The minimum atomic E-state index is 0.285. The molecule has 1 aromatic rings. The molecule has 0 aromatic heterocycles. The first-order valence-corrected chi connectivity index (χ1v) is 7.55. The van der Waals surface area contributed by atoms with Crippen LogP contribution in [0.4, 0.5) is 0 Å². The first kappa shape index (κ1) is 14.4. The molecule has 0 radical (unpaired) electrons. The summed E-state index contributed by atoms with van der Waals surface area (Å²) in [7, 11) is 1.75. The molecule has 2 rings (SSSR count). The highest BCUT2D eigenvalue weighted by Gasteiger charge is 2.35. The van der Waals surface area contributed by atoms with Crippen molar-refractivity contribution in [3.05, 3.63) is 29.8 Å². The Balaban J connectivity index is 2.17. The minimum Gasteiger partial charge on any atom is -0.496 e. The minimum absolute atomic E-state index is 0.285. The van der Waals surface area contributed by atoms with E-state index in [2.05, 4.69) is 25.1 Å². The van der Waals surface area contributed by atoms with Gasteiger partial charge in [0.15, 0.2) is 0 Å². The Morgan fingerprint density at radius 3 is 2.84 bits per heavy atom. The topological polar surface area (TPSA) is 35.2 Å². The Morgan fingerprint density at radius 1 is 1.37 bits per heavy atom. The van der Waals surface area contributed by atoms with Crippen LogP contribution in [0.1, 0.15) is 44.6 Å². The molecule has 2 nitrogen and oxygen atoms in total. The molecule has 2 unspecified atom stereocenters. The lowest BCUT2D eigenvalue weighted by molar-refractivity contribution is 0.141. The molecule has 19 heavy (non-hydrogen) atoms. The molecule has 1 fully saturated rings. The fraction of sp³-hybridized carbons (Fsp3) is 0.647. The molecule has 0 amide bonds. The second-order valence-corrected chi connectivity index (χ2v) is 6.06. The summed E-state index contributed by atoms with van der Waals surface area (Å²) in [5, 5.41) is 0. The lowest BCUT2D eigenvalue weighted by Gasteiger charge is -2.40. The van der Waals surface area contributed by atoms with Gasteiger partial charge in [0, 0.05) is 0 Å². The zero-order chi connectivity index (χ0) is 13.7. The number of hydrogen-bond donors (Lipinski definition) is 1. The van der Waals surface area contributed by atoms with E-state index in [1.165, 1.54) is 37.7 Å². The first-order valence-electron chi connectivity index (χ1n) is 7.55. The SMILES string of the molecule is CCC1CCCC(CN)(Cc2ccccc2OC)C1. The summed E-state index contributed by atoms with van der Waals surface area (Å²) in [4.78, 5) is 0. The molecule has 2 N–H and O–H groups in total. The molecular weight excluding hydrogens is 234 g/mol. The summed E-state index contributed by atoms with van der Waals surface area (Å²) < 4.78 is 5.49. The number of para-hydroxylation sites is 1. The molecule has 0 bridgehead atoms. The van der Waals surface area contributed by atoms with Gasteiger partial charge in [-0.15, -0.1) is 0 Å². The molecule has 0 saturated heterocycles. The molecule has 1 aliphatic carbocycles. The average molecular weight is 261 g/mol. The first-order chi connectivity index (χ1) is 9.23. The number of methoxy groups -OCH3 is 1. The lowest BCUT2D eigenvalue weighted by Crippen LogP contribution is -2.37. The predicted molar refractivity (Wildman–Crippen MR) is 80.4 cm³/mol. The van der Waals surface area contributed by atoms with Gasteiger partial charge in [-0.3, -0.25) is 0 Å². The number of rotatable bonds is 5. The summed E-state index contributed by atoms with van der Waals surface area (Å²) in [6.07, 6.45) is 7.59. The van der Waals surface area contributed by atoms with Crippen LogP contribution in [0.5, 0.6) is 5.75 Å². The van der Waals surface area contributed by atoms with Crippen LogP contribution >= 0.6 is 0 Å². The predicted octanol–water partition coefficient (Wildman–Crippen LogP) is 3.78. The van der Waals surface area contributed by atoms with Crippen LogP contribution in [-0.4, -0.2) is 13.7 Å². The van der Waals surface area contributed by atoms with Gasteiger partial charge >= 0.3 is 0 Å². The molecular formula is C17H27NO. The fourth-order valence-corrected chi connectivity index (χ4v) is 3.60. The Morgan fingerprint density at radius 2 is 2.16 bits per heavy atom. The van der Waals surface area contributed by atoms with Crippen molar-refractivity contribution in [3.63, 3.8) is 0 Å². The summed E-state index contributed by atoms with van der Waals surface area (Å²) in [6.45, 7) is 3.10. The monoisotopic (exact) mass is 261 g/mol. The van der Waals surface area contributed by atoms with E-state index in [9.17, 15) is 0 Å². The lowest BCUT2D eigenvalue weighted by atomic mass is 9.66. The van der Waals surface area contributed by atoms with Crippen molar-refractivity contribution in [2.24, 2.45) is 17.1 Å². The van der Waals surface area contributed by atoms with E-state index in [0.29, 0.717) is 0 Å². The van der Waals surface area contributed by atoms with Crippen LogP contribution in [0, 0.1) is 11.3 Å². The van der Waals surface area contributed by atoms with Crippen molar-refractivity contribution in [1.29, 1.82) is 0 Å². The van der Waals surface area contributed by atoms with Crippen molar-refractivity contribution in [2.45, 2.75) is 45.4 Å². The highest BCUT2D eigenvalue weighted by Crippen LogP contribution is 2.43. The van der Waals surface area contributed by atoms with E-state index < -0.39 is 0 Å². The zero-order valence-corrected chi connectivity index (χ0v) is 12.3. The van der Waals surface area contributed by atoms with Crippen molar-refractivity contribution < 1.29 is 4.74 Å². The summed E-state index contributed by atoms with van der Waals surface area (Å²) >= 11 is 0. The Bertz CT molecular complexity index is 404. The van der Waals surface area contributed by atoms with Gasteiger partial charge in [-0.2, -0.15) is 0 Å². The third kappa shape index (κ3) is 3.30. The van der Waals surface area contributed by atoms with Gasteiger partial charge < -0.3 is 10.5 Å². The van der Waals surface area contributed by atoms with Crippen LogP contribution in [0.25, 0.3) is 0 Å². The zero-order valence-electron chi connectivity index (χ0n) is 12.3. The maximum absolute atomic E-state index is 6.15. The van der Waals surface area contributed by atoms with Crippen molar-refractivity contribution in [1.82, 2.24) is 0 Å². The van der Waals surface area contributed by atoms with Crippen LogP contribution in [0.3, 0.4) is 0 Å². The third-order valence-corrected chi connectivity index (χ3v) is 4.81. The second kappa shape index (κ2) is 6.42. The van der Waals surface area contributed by atoms with E-state index in [1.807, 2.05) is 6.07 Å². The van der Waals surface area contributed by atoms with Gasteiger partial charge in [-0.1, -0.05) is 44.4 Å².